The number of aliphatic hydroxyl groups excluding tert-OH is 1. The van der Waals surface area contributed by atoms with E-state index in [9.17, 15) is 20.3 Å². The van der Waals surface area contributed by atoms with Gasteiger partial charge in [-0.15, -0.1) is 0 Å². The van der Waals surface area contributed by atoms with Gasteiger partial charge in [0.1, 0.15) is 0 Å². The SMILES string of the molecule is CC(O)C1(c2ccc([N+](=O)[O-])c(O)c2)CC1. The Balaban J connectivity index is 2.39. The van der Waals surface area contributed by atoms with E-state index < -0.39 is 11.0 Å². The van der Waals surface area contributed by atoms with Crippen LogP contribution in [-0.2, 0) is 5.41 Å². The Morgan fingerprint density at radius 1 is 1.50 bits per heavy atom. The van der Waals surface area contributed by atoms with Gasteiger partial charge in [-0.1, -0.05) is 6.07 Å². The molecule has 2 N–H and O–H groups in total. The predicted molar refractivity (Wildman–Crippen MR) is 57.4 cm³/mol. The van der Waals surface area contributed by atoms with E-state index in [-0.39, 0.29) is 16.9 Å². The molecule has 1 aliphatic rings. The summed E-state index contributed by atoms with van der Waals surface area (Å²) in [5.74, 6) is -0.338. The molecule has 16 heavy (non-hydrogen) atoms. The average molecular weight is 223 g/mol. The van der Waals surface area contributed by atoms with Crippen LogP contribution >= 0.6 is 0 Å². The maximum atomic E-state index is 10.5. The number of phenols is 1. The van der Waals surface area contributed by atoms with Crippen LogP contribution in [0, 0.1) is 10.1 Å². The molecular weight excluding hydrogens is 210 g/mol. The number of hydrogen-bond donors (Lipinski definition) is 2. The Hall–Kier alpha value is -1.62. The van der Waals surface area contributed by atoms with Gasteiger partial charge in [0.15, 0.2) is 5.75 Å². The minimum absolute atomic E-state index is 0.301. The van der Waals surface area contributed by atoms with Crippen molar-refractivity contribution in [3.8, 4) is 5.75 Å². The summed E-state index contributed by atoms with van der Waals surface area (Å²) >= 11 is 0. The smallest absolute Gasteiger partial charge is 0.310 e. The van der Waals surface area contributed by atoms with Gasteiger partial charge in [-0.2, -0.15) is 0 Å². The van der Waals surface area contributed by atoms with E-state index >= 15 is 0 Å². The molecule has 1 aromatic rings. The Morgan fingerprint density at radius 3 is 2.50 bits per heavy atom. The van der Waals surface area contributed by atoms with E-state index in [0.717, 1.165) is 18.4 Å². The second-order valence-electron chi connectivity index (χ2n) is 4.29. The molecule has 0 amide bonds. The van der Waals surface area contributed by atoms with Crippen molar-refractivity contribution < 1.29 is 15.1 Å². The van der Waals surface area contributed by atoms with E-state index in [2.05, 4.69) is 0 Å². The number of aliphatic hydroxyl groups is 1. The largest absolute Gasteiger partial charge is 0.502 e. The number of rotatable bonds is 3. The summed E-state index contributed by atoms with van der Waals surface area (Å²) < 4.78 is 0. The van der Waals surface area contributed by atoms with Gasteiger partial charge in [-0.3, -0.25) is 10.1 Å². The lowest BCUT2D eigenvalue weighted by atomic mass is 9.90. The molecule has 0 bridgehead atoms. The number of phenolic OH excluding ortho intramolecular Hbond substituents is 1. The van der Waals surface area contributed by atoms with Gasteiger partial charge in [-0.05, 0) is 31.4 Å². The third kappa shape index (κ3) is 1.53. The minimum Gasteiger partial charge on any atom is -0.502 e. The predicted octanol–water partition coefficient (Wildman–Crippen LogP) is 1.71. The second-order valence-corrected chi connectivity index (χ2v) is 4.29. The molecule has 1 saturated carbocycles. The highest BCUT2D eigenvalue weighted by molar-refractivity contribution is 5.50. The summed E-state index contributed by atoms with van der Waals surface area (Å²) in [4.78, 5) is 9.90. The highest BCUT2D eigenvalue weighted by Gasteiger charge is 2.48. The molecule has 1 fully saturated rings. The van der Waals surface area contributed by atoms with E-state index in [1.54, 1.807) is 13.0 Å². The first-order valence-electron chi connectivity index (χ1n) is 5.13. The van der Waals surface area contributed by atoms with E-state index in [4.69, 9.17) is 0 Å². The van der Waals surface area contributed by atoms with Crippen molar-refractivity contribution in [2.75, 3.05) is 0 Å². The molecule has 0 heterocycles. The van der Waals surface area contributed by atoms with Crippen LogP contribution in [0.1, 0.15) is 25.3 Å². The molecule has 0 aliphatic heterocycles. The molecule has 2 rings (SSSR count). The van der Waals surface area contributed by atoms with Crippen LogP contribution in [0.4, 0.5) is 5.69 Å². The number of benzene rings is 1. The number of nitro groups is 1. The highest BCUT2D eigenvalue weighted by atomic mass is 16.6. The van der Waals surface area contributed by atoms with Crippen molar-refractivity contribution in [3.63, 3.8) is 0 Å². The highest BCUT2D eigenvalue weighted by Crippen LogP contribution is 2.52. The third-order valence-corrected chi connectivity index (χ3v) is 3.34. The van der Waals surface area contributed by atoms with E-state index in [1.807, 2.05) is 0 Å². The summed E-state index contributed by atoms with van der Waals surface area (Å²) in [6.45, 7) is 1.70. The second kappa shape index (κ2) is 3.45. The van der Waals surface area contributed by atoms with Crippen molar-refractivity contribution in [2.24, 2.45) is 0 Å². The van der Waals surface area contributed by atoms with Gasteiger partial charge in [-0.25, -0.2) is 0 Å². The van der Waals surface area contributed by atoms with Gasteiger partial charge in [0, 0.05) is 11.5 Å². The lowest BCUT2D eigenvalue weighted by Crippen LogP contribution is -2.22. The zero-order chi connectivity index (χ0) is 11.9. The van der Waals surface area contributed by atoms with E-state index in [0.29, 0.717) is 0 Å². The van der Waals surface area contributed by atoms with Crippen LogP contribution in [0.25, 0.3) is 0 Å². The van der Waals surface area contributed by atoms with Gasteiger partial charge >= 0.3 is 5.69 Å². The van der Waals surface area contributed by atoms with Crippen LogP contribution in [0.5, 0.6) is 5.75 Å². The molecule has 1 aliphatic carbocycles. The molecule has 0 radical (unpaired) electrons. The van der Waals surface area contributed by atoms with Crippen molar-refractivity contribution >= 4 is 5.69 Å². The number of aromatic hydroxyl groups is 1. The molecule has 1 aromatic carbocycles. The molecule has 5 nitrogen and oxygen atoms in total. The first kappa shape index (κ1) is 10.9. The lowest BCUT2D eigenvalue weighted by Gasteiger charge is -2.18. The van der Waals surface area contributed by atoms with Gasteiger partial charge in [0.2, 0.25) is 0 Å². The van der Waals surface area contributed by atoms with Crippen molar-refractivity contribution in [1.29, 1.82) is 0 Å². The zero-order valence-electron chi connectivity index (χ0n) is 8.88. The third-order valence-electron chi connectivity index (χ3n) is 3.34. The van der Waals surface area contributed by atoms with Crippen molar-refractivity contribution in [2.45, 2.75) is 31.3 Å². The normalized spacial score (nSPS) is 19.1. The molecule has 86 valence electrons. The summed E-state index contributed by atoms with van der Waals surface area (Å²) in [7, 11) is 0. The van der Waals surface area contributed by atoms with Crippen LogP contribution in [0.2, 0.25) is 0 Å². The van der Waals surface area contributed by atoms with Gasteiger partial charge < -0.3 is 10.2 Å². The van der Waals surface area contributed by atoms with Gasteiger partial charge in [0.25, 0.3) is 0 Å². The fourth-order valence-electron chi connectivity index (χ4n) is 2.07. The van der Waals surface area contributed by atoms with Crippen LogP contribution in [0.3, 0.4) is 0 Å². The van der Waals surface area contributed by atoms with Crippen molar-refractivity contribution in [1.82, 2.24) is 0 Å². The average Bonchev–Trinajstić information content (AvgIpc) is 2.97. The van der Waals surface area contributed by atoms with Crippen LogP contribution in [0.15, 0.2) is 18.2 Å². The maximum Gasteiger partial charge on any atom is 0.310 e. The first-order valence-corrected chi connectivity index (χ1v) is 5.13. The standard InChI is InChI=1S/C11H13NO4/c1-7(13)11(4-5-11)8-2-3-9(12(15)16)10(14)6-8/h2-3,6-7,13-14H,4-5H2,1H3. The quantitative estimate of drug-likeness (QED) is 0.603. The molecule has 0 aromatic heterocycles. The zero-order valence-corrected chi connectivity index (χ0v) is 8.88. The fraction of sp³-hybridized carbons (Fsp3) is 0.455. The first-order chi connectivity index (χ1) is 7.47. The molecule has 1 unspecified atom stereocenters. The molecule has 0 saturated heterocycles. The molecule has 1 atom stereocenters. The number of nitro benzene ring substituents is 1. The maximum absolute atomic E-state index is 10.5. The van der Waals surface area contributed by atoms with Crippen LogP contribution < -0.4 is 0 Å². The summed E-state index contributed by atoms with van der Waals surface area (Å²) in [6.07, 6.45) is 1.19. The molecule has 5 heteroatoms. The number of hydrogen-bond acceptors (Lipinski definition) is 4. The van der Waals surface area contributed by atoms with Crippen LogP contribution in [-0.4, -0.2) is 21.2 Å². The Labute approximate surface area is 92.5 Å². The Kier molecular flexibility index (Phi) is 2.35. The fourth-order valence-corrected chi connectivity index (χ4v) is 2.07. The van der Waals surface area contributed by atoms with Crippen molar-refractivity contribution in [3.05, 3.63) is 33.9 Å². The Bertz CT molecular complexity index is 438. The van der Waals surface area contributed by atoms with Gasteiger partial charge in [0.05, 0.1) is 11.0 Å². The minimum atomic E-state index is -0.624. The summed E-state index contributed by atoms with van der Waals surface area (Å²) in [5, 5.41) is 29.7. The topological polar surface area (TPSA) is 83.6 Å². The number of nitrogens with zero attached hydrogens (tertiary/aromatic N) is 1. The summed E-state index contributed by atoms with van der Waals surface area (Å²) in [5.41, 5.74) is 0.155. The lowest BCUT2D eigenvalue weighted by molar-refractivity contribution is -0.385. The molecule has 0 spiro atoms. The monoisotopic (exact) mass is 223 g/mol. The van der Waals surface area contributed by atoms with E-state index in [1.165, 1.54) is 12.1 Å². The molecular formula is C11H13NO4. The summed E-state index contributed by atoms with van der Waals surface area (Å²) in [6, 6.07) is 4.28. The Morgan fingerprint density at radius 2 is 2.12 bits per heavy atom.